The van der Waals surface area contributed by atoms with Crippen LogP contribution in [0.25, 0.3) is 0 Å². The number of carbonyl (C=O) groups is 2. The van der Waals surface area contributed by atoms with Crippen LogP contribution in [0.4, 0.5) is 0 Å². The maximum Gasteiger partial charge on any atom is 0.320 e. The van der Waals surface area contributed by atoms with Crippen molar-refractivity contribution in [2.75, 3.05) is 6.54 Å². The molecule has 6 heteroatoms. The van der Waals surface area contributed by atoms with Gasteiger partial charge in [-0.1, -0.05) is 13.3 Å². The molecular weight excluding hydrogens is 212 g/mol. The molecule has 1 unspecified atom stereocenters. The molecule has 0 spiro atoms. The maximum atomic E-state index is 9.96. The molecule has 96 valence electrons. The first-order valence-electron chi connectivity index (χ1n) is 5.35. The molecule has 0 saturated heterocycles. The van der Waals surface area contributed by atoms with E-state index in [9.17, 15) is 9.59 Å². The molecule has 0 aliphatic carbocycles. The number of rotatable bonds is 7. The van der Waals surface area contributed by atoms with Crippen molar-refractivity contribution in [3.63, 3.8) is 0 Å². The molecule has 0 rings (SSSR count). The van der Waals surface area contributed by atoms with E-state index in [0.29, 0.717) is 19.4 Å². The number of hydrogen-bond donors (Lipinski definition) is 4. The lowest BCUT2D eigenvalue weighted by atomic mass is 10.2. The molecule has 0 aromatic carbocycles. The van der Waals surface area contributed by atoms with Crippen molar-refractivity contribution in [3.05, 3.63) is 0 Å². The second kappa shape index (κ2) is 11.9. The molecule has 0 aliphatic heterocycles. The van der Waals surface area contributed by atoms with Gasteiger partial charge in [-0.2, -0.15) is 0 Å². The van der Waals surface area contributed by atoms with E-state index in [1.165, 1.54) is 0 Å². The van der Waals surface area contributed by atoms with Crippen molar-refractivity contribution >= 4 is 11.9 Å². The summed E-state index contributed by atoms with van der Waals surface area (Å²) in [5.74, 6) is -1.65. The van der Waals surface area contributed by atoms with Crippen LogP contribution < -0.4 is 11.5 Å². The van der Waals surface area contributed by atoms with Gasteiger partial charge in [0.1, 0.15) is 6.04 Å². The van der Waals surface area contributed by atoms with E-state index in [1.54, 1.807) is 0 Å². The predicted molar refractivity (Wildman–Crippen MR) is 61.1 cm³/mol. The molecule has 0 aliphatic rings. The summed E-state index contributed by atoms with van der Waals surface area (Å²) < 4.78 is 0. The Morgan fingerprint density at radius 1 is 1.25 bits per heavy atom. The van der Waals surface area contributed by atoms with Gasteiger partial charge in [-0.3, -0.25) is 9.59 Å². The fourth-order valence-electron chi connectivity index (χ4n) is 0.855. The highest BCUT2D eigenvalue weighted by Gasteiger charge is 2.07. The van der Waals surface area contributed by atoms with Crippen LogP contribution in [0.15, 0.2) is 0 Å². The van der Waals surface area contributed by atoms with Gasteiger partial charge in [0.15, 0.2) is 0 Å². The van der Waals surface area contributed by atoms with Gasteiger partial charge in [0.25, 0.3) is 0 Å². The topological polar surface area (TPSA) is 127 Å². The van der Waals surface area contributed by atoms with Gasteiger partial charge >= 0.3 is 11.9 Å². The van der Waals surface area contributed by atoms with Gasteiger partial charge in [0, 0.05) is 6.42 Å². The van der Waals surface area contributed by atoms with Crippen molar-refractivity contribution in [1.29, 1.82) is 0 Å². The van der Waals surface area contributed by atoms with Crippen molar-refractivity contribution < 1.29 is 19.8 Å². The molecule has 0 amide bonds. The van der Waals surface area contributed by atoms with Crippen LogP contribution >= 0.6 is 0 Å². The number of unbranched alkanes of at least 4 members (excludes halogenated alkanes) is 1. The van der Waals surface area contributed by atoms with E-state index in [-0.39, 0.29) is 6.42 Å². The van der Waals surface area contributed by atoms with Crippen LogP contribution in [0.2, 0.25) is 0 Å². The number of hydrogen-bond acceptors (Lipinski definition) is 4. The first kappa shape index (κ1) is 17.3. The molecule has 0 aromatic rings. The highest BCUT2D eigenvalue weighted by atomic mass is 16.4. The Labute approximate surface area is 95.6 Å². The maximum absolute atomic E-state index is 9.96. The fourth-order valence-corrected chi connectivity index (χ4v) is 0.855. The Balaban J connectivity index is 0. The van der Waals surface area contributed by atoms with Crippen molar-refractivity contribution in [2.24, 2.45) is 11.5 Å². The Morgan fingerprint density at radius 3 is 2.06 bits per heavy atom. The van der Waals surface area contributed by atoms with Crippen LogP contribution in [0.3, 0.4) is 0 Å². The Hall–Kier alpha value is -1.14. The van der Waals surface area contributed by atoms with Crippen LogP contribution in [-0.2, 0) is 9.59 Å². The SMILES string of the molecule is CCCC(N)C(=O)O.NCCCCC(=O)O. The molecule has 0 heterocycles. The first-order valence-corrected chi connectivity index (χ1v) is 5.35. The Morgan fingerprint density at radius 2 is 1.81 bits per heavy atom. The number of carboxylic acid groups (broad SMARTS) is 2. The average molecular weight is 234 g/mol. The number of aliphatic carboxylic acids is 2. The predicted octanol–water partition coefficient (Wildman–Crippen LogP) is 0.398. The summed E-state index contributed by atoms with van der Waals surface area (Å²) in [7, 11) is 0. The third-order valence-corrected chi connectivity index (χ3v) is 1.76. The summed E-state index contributed by atoms with van der Waals surface area (Å²) in [5.41, 5.74) is 10.2. The van der Waals surface area contributed by atoms with Gasteiger partial charge < -0.3 is 21.7 Å². The summed E-state index contributed by atoms with van der Waals surface area (Å²) in [6.45, 7) is 2.50. The molecule has 0 saturated carbocycles. The fraction of sp³-hybridized carbons (Fsp3) is 0.800. The molecule has 6 N–H and O–H groups in total. The van der Waals surface area contributed by atoms with Crippen LogP contribution in [0, 0.1) is 0 Å². The zero-order chi connectivity index (χ0) is 13.0. The largest absolute Gasteiger partial charge is 0.481 e. The van der Waals surface area contributed by atoms with Crippen LogP contribution in [0.1, 0.15) is 39.0 Å². The molecule has 0 aromatic heterocycles. The minimum Gasteiger partial charge on any atom is -0.481 e. The molecule has 16 heavy (non-hydrogen) atoms. The minimum atomic E-state index is -0.910. The second-order valence-corrected chi connectivity index (χ2v) is 3.37. The lowest BCUT2D eigenvalue weighted by Crippen LogP contribution is -2.29. The molecule has 0 bridgehead atoms. The van der Waals surface area contributed by atoms with E-state index in [2.05, 4.69) is 0 Å². The lowest BCUT2D eigenvalue weighted by molar-refractivity contribution is -0.139. The van der Waals surface area contributed by atoms with Crippen LogP contribution in [0.5, 0.6) is 0 Å². The molecule has 0 fully saturated rings. The number of carboxylic acids is 2. The second-order valence-electron chi connectivity index (χ2n) is 3.37. The monoisotopic (exact) mass is 234 g/mol. The van der Waals surface area contributed by atoms with E-state index >= 15 is 0 Å². The quantitative estimate of drug-likeness (QED) is 0.472. The number of nitrogens with two attached hydrogens (primary N) is 2. The Bertz CT molecular complexity index is 197. The van der Waals surface area contributed by atoms with E-state index < -0.39 is 18.0 Å². The molecule has 6 nitrogen and oxygen atoms in total. The molecule has 0 radical (unpaired) electrons. The average Bonchev–Trinajstić information content (AvgIpc) is 2.19. The lowest BCUT2D eigenvalue weighted by Gasteiger charge is -2.00. The van der Waals surface area contributed by atoms with Gasteiger partial charge in [-0.15, -0.1) is 0 Å². The zero-order valence-corrected chi connectivity index (χ0v) is 9.69. The minimum absolute atomic E-state index is 0.247. The molecule has 1 atom stereocenters. The third kappa shape index (κ3) is 15.3. The highest BCUT2D eigenvalue weighted by molar-refractivity contribution is 5.72. The van der Waals surface area contributed by atoms with E-state index in [4.69, 9.17) is 21.7 Å². The van der Waals surface area contributed by atoms with Gasteiger partial charge in [0.2, 0.25) is 0 Å². The standard InChI is InChI=1S/2C5H11NO2/c1-2-3-4(6)5(7)8;6-4-2-1-3-5(7)8/h4H,2-3,6H2,1H3,(H,7,8);1-4,6H2,(H,7,8). The summed E-state index contributed by atoms with van der Waals surface area (Å²) in [6.07, 6.45) is 3.15. The zero-order valence-electron chi connectivity index (χ0n) is 9.69. The first-order chi connectivity index (χ1) is 7.45. The van der Waals surface area contributed by atoms with Gasteiger partial charge in [0.05, 0.1) is 0 Å². The Kier molecular flexibility index (Phi) is 12.9. The van der Waals surface area contributed by atoms with E-state index in [0.717, 1.165) is 12.8 Å². The highest BCUT2D eigenvalue weighted by Crippen LogP contribution is 1.91. The summed E-state index contributed by atoms with van der Waals surface area (Å²) in [4.78, 5) is 19.8. The normalized spacial score (nSPS) is 11.2. The third-order valence-electron chi connectivity index (χ3n) is 1.76. The van der Waals surface area contributed by atoms with Crippen molar-refractivity contribution in [1.82, 2.24) is 0 Å². The summed E-state index contributed by atoms with van der Waals surface area (Å²) in [6, 6.07) is -0.667. The van der Waals surface area contributed by atoms with Crippen LogP contribution in [-0.4, -0.2) is 34.7 Å². The van der Waals surface area contributed by atoms with Crippen molar-refractivity contribution in [2.45, 2.75) is 45.1 Å². The smallest absolute Gasteiger partial charge is 0.320 e. The van der Waals surface area contributed by atoms with Crippen molar-refractivity contribution in [3.8, 4) is 0 Å². The van der Waals surface area contributed by atoms with Gasteiger partial charge in [-0.25, -0.2) is 0 Å². The molecular formula is C10H22N2O4. The summed E-state index contributed by atoms with van der Waals surface area (Å²) >= 11 is 0. The summed E-state index contributed by atoms with van der Waals surface area (Å²) in [5, 5.41) is 16.3. The van der Waals surface area contributed by atoms with E-state index in [1.807, 2.05) is 6.92 Å². The van der Waals surface area contributed by atoms with Gasteiger partial charge in [-0.05, 0) is 25.8 Å².